The Hall–Kier alpha value is -1.46. The minimum atomic E-state index is -0.0252. The Balaban J connectivity index is 1.82. The fourth-order valence-electron chi connectivity index (χ4n) is 1.86. The lowest BCUT2D eigenvalue weighted by atomic mass is 10.1. The smallest absolute Gasteiger partial charge is 0.213 e. The van der Waals surface area contributed by atoms with Gasteiger partial charge < -0.3 is 4.74 Å². The minimum Gasteiger partial charge on any atom is -0.478 e. The normalized spacial score (nSPS) is 10.4. The van der Waals surface area contributed by atoms with E-state index in [-0.39, 0.29) is 5.78 Å². The monoisotopic (exact) mass is 333 g/mol. The molecular weight excluding hydrogens is 314 g/mol. The second-order valence-corrected chi connectivity index (χ2v) is 6.29. The third kappa shape index (κ3) is 5.39. The highest BCUT2D eigenvalue weighted by molar-refractivity contribution is 7.99. The number of thiol groups is 1. The molecule has 3 nitrogen and oxygen atoms in total. The fourth-order valence-corrected chi connectivity index (χ4v) is 2.90. The maximum Gasteiger partial charge on any atom is 0.213 e. The molecule has 1 heterocycles. The lowest BCUT2D eigenvalue weighted by Gasteiger charge is -2.06. The van der Waals surface area contributed by atoms with Crippen molar-refractivity contribution in [3.8, 4) is 5.88 Å². The number of ketones is 1. The number of carbonyl (C=O) groups is 1. The van der Waals surface area contributed by atoms with Crippen LogP contribution in [0.5, 0.6) is 5.88 Å². The van der Waals surface area contributed by atoms with Gasteiger partial charge in [0.2, 0.25) is 5.88 Å². The first-order valence-electron chi connectivity index (χ1n) is 7.18. The molecule has 5 heteroatoms. The first kappa shape index (κ1) is 16.9. The number of hydrogen-bond donors (Lipinski definition) is 1. The van der Waals surface area contributed by atoms with Crippen molar-refractivity contribution in [3.05, 3.63) is 59.8 Å². The highest BCUT2D eigenvalue weighted by Gasteiger charge is 2.09. The Kier molecular flexibility index (Phi) is 7.33. The molecule has 2 rings (SSSR count). The summed E-state index contributed by atoms with van der Waals surface area (Å²) in [5, 5.41) is 0. The molecule has 0 atom stereocenters. The quantitative estimate of drug-likeness (QED) is 0.431. The van der Waals surface area contributed by atoms with E-state index in [1.807, 2.05) is 30.0 Å². The predicted octanol–water partition coefficient (Wildman–Crippen LogP) is 3.74. The number of nitrogens with zero attached hydrogens (tertiary/aromatic N) is 1. The van der Waals surface area contributed by atoms with Crippen molar-refractivity contribution in [1.29, 1.82) is 0 Å². The lowest BCUT2D eigenvalue weighted by molar-refractivity contribution is 0.103. The second kappa shape index (κ2) is 9.54. The summed E-state index contributed by atoms with van der Waals surface area (Å²) in [5.41, 5.74) is 1.24. The molecule has 0 bridgehead atoms. The average Bonchev–Trinajstić information content (AvgIpc) is 2.59. The summed E-state index contributed by atoms with van der Waals surface area (Å²) in [5.74, 6) is 3.57. The highest BCUT2D eigenvalue weighted by atomic mass is 32.2. The average molecular weight is 333 g/mol. The zero-order chi connectivity index (χ0) is 15.6. The van der Waals surface area contributed by atoms with Gasteiger partial charge in [0.05, 0.1) is 6.61 Å². The van der Waals surface area contributed by atoms with Crippen LogP contribution < -0.4 is 4.74 Å². The molecule has 116 valence electrons. The van der Waals surface area contributed by atoms with Crippen LogP contribution in [0, 0.1) is 0 Å². The van der Waals surface area contributed by atoms with Crippen LogP contribution in [0.15, 0.2) is 48.7 Å². The van der Waals surface area contributed by atoms with Gasteiger partial charge in [-0.1, -0.05) is 30.3 Å². The number of carbonyl (C=O) groups excluding carboxylic acids is 1. The molecule has 0 aliphatic carbocycles. The Morgan fingerprint density at radius 2 is 1.91 bits per heavy atom. The van der Waals surface area contributed by atoms with Crippen LogP contribution in [0.25, 0.3) is 0 Å². The number of ether oxygens (including phenoxy) is 1. The Bertz CT molecular complexity index is 573. The van der Waals surface area contributed by atoms with E-state index in [2.05, 4.69) is 17.6 Å². The molecule has 0 aliphatic rings. The van der Waals surface area contributed by atoms with E-state index >= 15 is 0 Å². The van der Waals surface area contributed by atoms with Crippen molar-refractivity contribution in [2.75, 3.05) is 23.9 Å². The Morgan fingerprint density at radius 1 is 1.09 bits per heavy atom. The SMILES string of the molecule is O=C(c1ccccc1)c1ccc(OCCCSCCS)nc1. The number of thioether (sulfide) groups is 1. The summed E-state index contributed by atoms with van der Waals surface area (Å²) in [6.07, 6.45) is 2.55. The molecule has 0 unspecified atom stereocenters. The van der Waals surface area contributed by atoms with Crippen LogP contribution in [-0.4, -0.2) is 34.6 Å². The maximum atomic E-state index is 12.2. The molecule has 0 N–H and O–H groups in total. The topological polar surface area (TPSA) is 39.2 Å². The Morgan fingerprint density at radius 3 is 2.59 bits per heavy atom. The van der Waals surface area contributed by atoms with E-state index in [0.717, 1.165) is 23.7 Å². The van der Waals surface area contributed by atoms with Gasteiger partial charge in [0, 0.05) is 29.1 Å². The van der Waals surface area contributed by atoms with Gasteiger partial charge in [0.25, 0.3) is 0 Å². The molecule has 2 aromatic rings. The number of aromatic nitrogens is 1. The van der Waals surface area contributed by atoms with Gasteiger partial charge in [0.15, 0.2) is 5.78 Å². The summed E-state index contributed by atoms with van der Waals surface area (Å²) in [4.78, 5) is 16.4. The molecule has 0 amide bonds. The fraction of sp³-hybridized carbons (Fsp3) is 0.294. The van der Waals surface area contributed by atoms with Crippen LogP contribution in [0.3, 0.4) is 0 Å². The minimum absolute atomic E-state index is 0.0252. The highest BCUT2D eigenvalue weighted by Crippen LogP contribution is 2.13. The molecule has 1 aromatic carbocycles. The standard InChI is InChI=1S/C17H19NO2S2/c19-17(14-5-2-1-3-6-14)15-7-8-16(18-13-15)20-9-4-11-22-12-10-21/h1-3,5-8,13,21H,4,9-12H2. The second-order valence-electron chi connectivity index (χ2n) is 4.62. The summed E-state index contributed by atoms with van der Waals surface area (Å²) in [7, 11) is 0. The summed E-state index contributed by atoms with van der Waals surface area (Å²) >= 11 is 6.04. The molecule has 1 aromatic heterocycles. The molecule has 0 aliphatic heterocycles. The molecular formula is C17H19NO2S2. The van der Waals surface area contributed by atoms with Crippen molar-refractivity contribution < 1.29 is 9.53 Å². The van der Waals surface area contributed by atoms with Gasteiger partial charge in [-0.2, -0.15) is 24.4 Å². The van der Waals surface area contributed by atoms with Gasteiger partial charge in [-0.25, -0.2) is 4.98 Å². The number of benzene rings is 1. The molecule has 0 saturated heterocycles. The third-order valence-corrected chi connectivity index (χ3v) is 4.55. The molecule has 0 saturated carbocycles. The van der Waals surface area contributed by atoms with Gasteiger partial charge >= 0.3 is 0 Å². The zero-order valence-electron chi connectivity index (χ0n) is 12.3. The van der Waals surface area contributed by atoms with Gasteiger partial charge in [-0.3, -0.25) is 4.79 Å². The van der Waals surface area contributed by atoms with E-state index in [1.54, 1.807) is 30.5 Å². The van der Waals surface area contributed by atoms with E-state index < -0.39 is 0 Å². The number of rotatable bonds is 9. The van der Waals surface area contributed by atoms with Crippen LogP contribution >= 0.6 is 24.4 Å². The van der Waals surface area contributed by atoms with Gasteiger partial charge in [0.1, 0.15) is 0 Å². The lowest BCUT2D eigenvalue weighted by Crippen LogP contribution is -2.04. The molecule has 22 heavy (non-hydrogen) atoms. The molecule has 0 fully saturated rings. The number of hydrogen-bond acceptors (Lipinski definition) is 5. The zero-order valence-corrected chi connectivity index (χ0v) is 14.0. The van der Waals surface area contributed by atoms with Crippen LogP contribution in [0.1, 0.15) is 22.3 Å². The van der Waals surface area contributed by atoms with E-state index in [4.69, 9.17) is 4.74 Å². The van der Waals surface area contributed by atoms with Crippen molar-refractivity contribution in [2.24, 2.45) is 0 Å². The van der Waals surface area contributed by atoms with Crippen molar-refractivity contribution in [1.82, 2.24) is 4.98 Å². The van der Waals surface area contributed by atoms with Crippen LogP contribution in [0.4, 0.5) is 0 Å². The maximum absolute atomic E-state index is 12.2. The number of pyridine rings is 1. The van der Waals surface area contributed by atoms with Crippen molar-refractivity contribution >= 4 is 30.2 Å². The predicted molar refractivity (Wildman–Crippen MR) is 95.4 cm³/mol. The van der Waals surface area contributed by atoms with Crippen molar-refractivity contribution in [2.45, 2.75) is 6.42 Å². The summed E-state index contributed by atoms with van der Waals surface area (Å²) in [6.45, 7) is 0.637. The van der Waals surface area contributed by atoms with E-state index in [0.29, 0.717) is 23.6 Å². The van der Waals surface area contributed by atoms with E-state index in [9.17, 15) is 4.79 Å². The summed E-state index contributed by atoms with van der Waals surface area (Å²) in [6, 6.07) is 12.7. The van der Waals surface area contributed by atoms with Gasteiger partial charge in [-0.05, 0) is 24.0 Å². The third-order valence-electron chi connectivity index (χ3n) is 2.95. The van der Waals surface area contributed by atoms with Gasteiger partial charge in [-0.15, -0.1) is 0 Å². The first-order valence-corrected chi connectivity index (χ1v) is 8.97. The molecule has 0 spiro atoms. The van der Waals surface area contributed by atoms with Crippen molar-refractivity contribution in [3.63, 3.8) is 0 Å². The van der Waals surface area contributed by atoms with E-state index in [1.165, 1.54) is 0 Å². The Labute approximate surface area is 140 Å². The summed E-state index contributed by atoms with van der Waals surface area (Å²) < 4.78 is 5.57. The van der Waals surface area contributed by atoms with Crippen LogP contribution in [0.2, 0.25) is 0 Å². The largest absolute Gasteiger partial charge is 0.478 e. The molecule has 0 radical (unpaired) electrons. The first-order chi connectivity index (χ1) is 10.8. The van der Waals surface area contributed by atoms with Crippen LogP contribution in [-0.2, 0) is 0 Å².